The molecule has 0 N–H and O–H groups in total. The number of nitrogens with zero attached hydrogens (tertiary/aromatic N) is 1. The molecule has 3 nitrogen and oxygen atoms in total. The zero-order valence-electron chi connectivity index (χ0n) is 13.7. The van der Waals surface area contributed by atoms with E-state index in [1.807, 2.05) is 56.3 Å². The zero-order chi connectivity index (χ0) is 17.3. The summed E-state index contributed by atoms with van der Waals surface area (Å²) in [6.07, 6.45) is 1.83. The molecule has 0 atom stereocenters. The topological polar surface area (TPSA) is 29.5 Å². The van der Waals surface area contributed by atoms with E-state index in [4.69, 9.17) is 17.0 Å². The molecular weight excluding hydrogens is 338 g/mol. The van der Waals surface area contributed by atoms with Gasteiger partial charge in [-0.15, -0.1) is 0 Å². The number of ether oxygens (including phenoxy) is 1. The van der Waals surface area contributed by atoms with E-state index in [9.17, 15) is 4.79 Å². The molecule has 5 heteroatoms. The molecule has 0 spiro atoms. The van der Waals surface area contributed by atoms with Gasteiger partial charge < -0.3 is 4.74 Å². The lowest BCUT2D eigenvalue weighted by Gasteiger charge is -2.17. The van der Waals surface area contributed by atoms with Crippen molar-refractivity contribution in [2.45, 2.75) is 13.8 Å². The number of benzene rings is 2. The predicted octanol–water partition coefficient (Wildman–Crippen LogP) is 4.72. The minimum Gasteiger partial charge on any atom is -0.496 e. The van der Waals surface area contributed by atoms with Crippen LogP contribution in [0, 0.1) is 13.8 Å². The smallest absolute Gasteiger partial charge is 0.270 e. The molecule has 1 aliphatic heterocycles. The third-order valence-electron chi connectivity index (χ3n) is 3.81. The van der Waals surface area contributed by atoms with Crippen LogP contribution in [0.5, 0.6) is 5.75 Å². The van der Waals surface area contributed by atoms with E-state index in [0.29, 0.717) is 9.23 Å². The van der Waals surface area contributed by atoms with Crippen molar-refractivity contribution in [1.82, 2.24) is 0 Å². The lowest BCUT2D eigenvalue weighted by molar-refractivity contribution is -0.113. The van der Waals surface area contributed by atoms with Crippen molar-refractivity contribution in [1.29, 1.82) is 0 Å². The van der Waals surface area contributed by atoms with E-state index in [2.05, 4.69) is 6.07 Å². The summed E-state index contributed by atoms with van der Waals surface area (Å²) in [7, 11) is 1.62. The highest BCUT2D eigenvalue weighted by Crippen LogP contribution is 2.38. The molecule has 0 bridgehead atoms. The maximum Gasteiger partial charge on any atom is 0.270 e. The second kappa shape index (κ2) is 6.79. The summed E-state index contributed by atoms with van der Waals surface area (Å²) in [5.41, 5.74) is 3.89. The zero-order valence-corrected chi connectivity index (χ0v) is 15.3. The minimum absolute atomic E-state index is 0.0946. The number of amides is 1. The molecule has 24 heavy (non-hydrogen) atoms. The standard InChI is InChI=1S/C19H17NO2S2/c1-12-8-9-15(13(2)10-12)20-18(21)17(24-19(20)23)11-14-6-4-5-7-16(14)22-3/h4-11H,1-3H3/b17-11+. The van der Waals surface area contributed by atoms with Crippen LogP contribution in [0.15, 0.2) is 47.4 Å². The summed E-state index contributed by atoms with van der Waals surface area (Å²) in [4.78, 5) is 15.1. The second-order valence-corrected chi connectivity index (χ2v) is 7.22. The molecule has 1 fully saturated rings. The van der Waals surface area contributed by atoms with Crippen molar-refractivity contribution in [3.63, 3.8) is 0 Å². The number of thiocarbonyl (C=S) groups is 1. The van der Waals surface area contributed by atoms with Gasteiger partial charge in [0.25, 0.3) is 5.91 Å². The van der Waals surface area contributed by atoms with Crippen molar-refractivity contribution in [3.05, 3.63) is 64.1 Å². The number of rotatable bonds is 3. The van der Waals surface area contributed by atoms with Gasteiger partial charge in [-0.2, -0.15) is 0 Å². The molecule has 0 aliphatic carbocycles. The Morgan fingerprint density at radius 2 is 1.92 bits per heavy atom. The van der Waals surface area contributed by atoms with Crippen LogP contribution in [-0.2, 0) is 4.79 Å². The number of carbonyl (C=O) groups excluding carboxylic acids is 1. The van der Waals surface area contributed by atoms with Crippen molar-refractivity contribution in [2.75, 3.05) is 12.0 Å². The Morgan fingerprint density at radius 3 is 2.62 bits per heavy atom. The summed E-state index contributed by atoms with van der Waals surface area (Å²) < 4.78 is 5.90. The minimum atomic E-state index is -0.0946. The number of hydrogen-bond donors (Lipinski definition) is 0. The van der Waals surface area contributed by atoms with E-state index in [1.54, 1.807) is 12.0 Å². The molecule has 0 radical (unpaired) electrons. The Labute approximate surface area is 151 Å². The van der Waals surface area contributed by atoms with Crippen LogP contribution >= 0.6 is 24.0 Å². The molecule has 1 heterocycles. The maximum atomic E-state index is 12.9. The first kappa shape index (κ1) is 16.7. The van der Waals surface area contributed by atoms with Crippen molar-refractivity contribution in [2.24, 2.45) is 0 Å². The van der Waals surface area contributed by atoms with Gasteiger partial charge in [0.15, 0.2) is 4.32 Å². The van der Waals surface area contributed by atoms with Crippen LogP contribution in [0.25, 0.3) is 6.08 Å². The Morgan fingerprint density at radius 1 is 1.17 bits per heavy atom. The fourth-order valence-electron chi connectivity index (χ4n) is 2.66. The van der Waals surface area contributed by atoms with Gasteiger partial charge in [0.2, 0.25) is 0 Å². The van der Waals surface area contributed by atoms with Crippen LogP contribution in [0.4, 0.5) is 5.69 Å². The lowest BCUT2D eigenvalue weighted by atomic mass is 10.1. The second-order valence-electron chi connectivity index (χ2n) is 5.55. The summed E-state index contributed by atoms with van der Waals surface area (Å²) >= 11 is 6.76. The fourth-order valence-corrected chi connectivity index (χ4v) is 3.93. The molecule has 3 rings (SSSR count). The van der Waals surface area contributed by atoms with Gasteiger partial charge in [-0.3, -0.25) is 9.69 Å². The largest absolute Gasteiger partial charge is 0.496 e. The van der Waals surface area contributed by atoms with E-state index >= 15 is 0 Å². The number of hydrogen-bond acceptors (Lipinski definition) is 4. The molecule has 0 aromatic heterocycles. The van der Waals surface area contributed by atoms with Crippen LogP contribution < -0.4 is 9.64 Å². The first-order chi connectivity index (χ1) is 11.5. The average molecular weight is 355 g/mol. The number of thioether (sulfide) groups is 1. The van der Waals surface area contributed by atoms with Gasteiger partial charge in [0.1, 0.15) is 5.75 Å². The molecule has 1 amide bonds. The average Bonchev–Trinajstić information content (AvgIpc) is 2.83. The van der Waals surface area contributed by atoms with Gasteiger partial charge in [-0.05, 0) is 37.6 Å². The molecule has 122 valence electrons. The predicted molar refractivity (Wildman–Crippen MR) is 105 cm³/mol. The number of para-hydroxylation sites is 1. The van der Waals surface area contributed by atoms with Gasteiger partial charge in [-0.1, -0.05) is 59.9 Å². The molecule has 2 aromatic carbocycles. The van der Waals surface area contributed by atoms with Crippen molar-refractivity contribution in [3.8, 4) is 5.75 Å². The summed E-state index contributed by atoms with van der Waals surface area (Å²) in [6.45, 7) is 4.02. The molecular formula is C19H17NO2S2. The van der Waals surface area contributed by atoms with E-state index in [-0.39, 0.29) is 5.91 Å². The third kappa shape index (κ3) is 3.09. The lowest BCUT2D eigenvalue weighted by Crippen LogP contribution is -2.28. The monoisotopic (exact) mass is 355 g/mol. The van der Waals surface area contributed by atoms with E-state index in [0.717, 1.165) is 28.1 Å². The number of anilines is 1. The van der Waals surface area contributed by atoms with Crippen LogP contribution in [0.1, 0.15) is 16.7 Å². The Bertz CT molecular complexity index is 858. The molecule has 1 saturated heterocycles. The van der Waals surface area contributed by atoms with Crippen LogP contribution in [-0.4, -0.2) is 17.3 Å². The summed E-state index contributed by atoms with van der Waals surface area (Å²) in [5.74, 6) is 0.636. The first-order valence-electron chi connectivity index (χ1n) is 7.49. The molecule has 2 aromatic rings. The van der Waals surface area contributed by atoms with Crippen LogP contribution in [0.2, 0.25) is 0 Å². The Balaban J connectivity index is 1.99. The highest BCUT2D eigenvalue weighted by atomic mass is 32.2. The molecule has 0 saturated carbocycles. The van der Waals surface area contributed by atoms with Crippen molar-refractivity contribution >= 4 is 46.0 Å². The normalized spacial score (nSPS) is 16.1. The summed E-state index contributed by atoms with van der Waals surface area (Å²) in [6, 6.07) is 13.6. The number of carbonyl (C=O) groups is 1. The molecule has 0 unspecified atom stereocenters. The highest BCUT2D eigenvalue weighted by Gasteiger charge is 2.34. The Kier molecular flexibility index (Phi) is 4.73. The SMILES string of the molecule is COc1ccccc1/C=C1/SC(=S)N(c2ccc(C)cc2C)C1=O. The third-order valence-corrected chi connectivity index (χ3v) is 5.11. The van der Waals surface area contributed by atoms with E-state index in [1.165, 1.54) is 11.8 Å². The van der Waals surface area contributed by atoms with Gasteiger partial charge in [0, 0.05) is 5.56 Å². The van der Waals surface area contributed by atoms with E-state index < -0.39 is 0 Å². The molecule has 1 aliphatic rings. The quantitative estimate of drug-likeness (QED) is 0.589. The van der Waals surface area contributed by atoms with Gasteiger partial charge >= 0.3 is 0 Å². The first-order valence-corrected chi connectivity index (χ1v) is 8.72. The number of aryl methyl sites for hydroxylation is 2. The van der Waals surface area contributed by atoms with Crippen molar-refractivity contribution < 1.29 is 9.53 Å². The van der Waals surface area contributed by atoms with Crippen LogP contribution in [0.3, 0.4) is 0 Å². The maximum absolute atomic E-state index is 12.9. The number of methoxy groups -OCH3 is 1. The fraction of sp³-hybridized carbons (Fsp3) is 0.158. The Hall–Kier alpha value is -2.11. The van der Waals surface area contributed by atoms with Gasteiger partial charge in [0.05, 0.1) is 17.7 Å². The van der Waals surface area contributed by atoms with Gasteiger partial charge in [-0.25, -0.2) is 0 Å². The summed E-state index contributed by atoms with van der Waals surface area (Å²) in [5, 5.41) is 0. The highest BCUT2D eigenvalue weighted by molar-refractivity contribution is 8.27.